The van der Waals surface area contributed by atoms with Crippen LogP contribution in [0.4, 0.5) is 0 Å². The first-order chi connectivity index (χ1) is 6.86. The number of nitrogens with one attached hydrogen (secondary N) is 1. The van der Waals surface area contributed by atoms with Crippen LogP contribution in [0, 0.1) is 0 Å². The monoisotopic (exact) mass is 185 g/mol. The molecule has 1 atom stereocenters. The number of fused-ring (bicyclic) bond motifs is 3. The maximum absolute atomic E-state index is 5.42. The van der Waals surface area contributed by atoms with E-state index < -0.39 is 0 Å². The summed E-state index contributed by atoms with van der Waals surface area (Å²) in [6, 6.07) is 8.32. The SMILES string of the molecule is CC1OC=Cc2c1[nH]c1ccccc21. The summed E-state index contributed by atoms with van der Waals surface area (Å²) in [6.07, 6.45) is 3.92. The molecule has 2 aromatic rings. The van der Waals surface area contributed by atoms with Gasteiger partial charge < -0.3 is 9.72 Å². The second kappa shape index (κ2) is 2.64. The summed E-state index contributed by atoms with van der Waals surface area (Å²) in [4.78, 5) is 3.39. The van der Waals surface area contributed by atoms with Crippen LogP contribution in [-0.4, -0.2) is 4.98 Å². The zero-order chi connectivity index (χ0) is 9.54. The minimum absolute atomic E-state index is 0.127. The van der Waals surface area contributed by atoms with Gasteiger partial charge in [0.25, 0.3) is 0 Å². The number of H-pyrrole nitrogens is 1. The molecule has 1 aromatic carbocycles. The number of aromatic amines is 1. The van der Waals surface area contributed by atoms with Gasteiger partial charge in [0.15, 0.2) is 0 Å². The number of hydrogen-bond acceptors (Lipinski definition) is 1. The van der Waals surface area contributed by atoms with Crippen molar-refractivity contribution >= 4 is 17.0 Å². The lowest BCUT2D eigenvalue weighted by Gasteiger charge is -2.15. The van der Waals surface area contributed by atoms with Crippen LogP contribution in [0.15, 0.2) is 30.5 Å². The van der Waals surface area contributed by atoms with Gasteiger partial charge in [-0.1, -0.05) is 18.2 Å². The van der Waals surface area contributed by atoms with Gasteiger partial charge in [-0.05, 0) is 19.1 Å². The molecule has 1 unspecified atom stereocenters. The average Bonchev–Trinajstić information content (AvgIpc) is 2.59. The summed E-state index contributed by atoms with van der Waals surface area (Å²) in [7, 11) is 0. The third-order valence-corrected chi connectivity index (χ3v) is 2.70. The van der Waals surface area contributed by atoms with Crippen LogP contribution in [0.5, 0.6) is 0 Å². The van der Waals surface area contributed by atoms with E-state index in [1.807, 2.05) is 12.1 Å². The maximum Gasteiger partial charge on any atom is 0.135 e. The van der Waals surface area contributed by atoms with E-state index in [1.165, 1.54) is 22.2 Å². The Morgan fingerprint density at radius 1 is 1.29 bits per heavy atom. The van der Waals surface area contributed by atoms with Crippen molar-refractivity contribution in [1.82, 2.24) is 4.98 Å². The van der Waals surface area contributed by atoms with Gasteiger partial charge in [-0.15, -0.1) is 0 Å². The molecular weight excluding hydrogens is 174 g/mol. The molecule has 2 heterocycles. The smallest absolute Gasteiger partial charge is 0.135 e. The molecule has 1 aromatic heterocycles. The van der Waals surface area contributed by atoms with Gasteiger partial charge in [0.05, 0.1) is 12.0 Å². The van der Waals surface area contributed by atoms with Crippen molar-refractivity contribution < 1.29 is 4.74 Å². The van der Waals surface area contributed by atoms with Crippen LogP contribution in [0.3, 0.4) is 0 Å². The van der Waals surface area contributed by atoms with Crippen molar-refractivity contribution in [2.45, 2.75) is 13.0 Å². The summed E-state index contributed by atoms with van der Waals surface area (Å²) >= 11 is 0. The first kappa shape index (κ1) is 7.68. The van der Waals surface area contributed by atoms with Crippen LogP contribution >= 0.6 is 0 Å². The lowest BCUT2D eigenvalue weighted by molar-refractivity contribution is 0.159. The summed E-state index contributed by atoms with van der Waals surface area (Å²) in [5.74, 6) is 0. The molecule has 0 bridgehead atoms. The zero-order valence-corrected chi connectivity index (χ0v) is 7.95. The van der Waals surface area contributed by atoms with E-state index in [4.69, 9.17) is 4.74 Å². The molecule has 1 aliphatic heterocycles. The lowest BCUT2D eigenvalue weighted by atomic mass is 10.1. The van der Waals surface area contributed by atoms with E-state index in [0.29, 0.717) is 0 Å². The first-order valence-electron chi connectivity index (χ1n) is 4.79. The molecule has 0 fully saturated rings. The number of rotatable bonds is 0. The van der Waals surface area contributed by atoms with Crippen LogP contribution < -0.4 is 0 Å². The fourth-order valence-electron chi connectivity index (χ4n) is 1.98. The number of aromatic nitrogens is 1. The Labute approximate surface area is 82.2 Å². The molecule has 70 valence electrons. The highest BCUT2D eigenvalue weighted by molar-refractivity contribution is 5.90. The van der Waals surface area contributed by atoms with Crippen molar-refractivity contribution in [3.05, 3.63) is 41.8 Å². The fourth-order valence-corrected chi connectivity index (χ4v) is 1.98. The molecule has 0 radical (unpaired) electrons. The van der Waals surface area contributed by atoms with Crippen molar-refractivity contribution in [2.75, 3.05) is 0 Å². The van der Waals surface area contributed by atoms with Gasteiger partial charge in [-0.25, -0.2) is 0 Å². The second-order valence-corrected chi connectivity index (χ2v) is 3.58. The molecule has 1 aliphatic rings. The largest absolute Gasteiger partial charge is 0.492 e. The average molecular weight is 185 g/mol. The lowest BCUT2D eigenvalue weighted by Crippen LogP contribution is -2.00. The van der Waals surface area contributed by atoms with E-state index >= 15 is 0 Å². The highest BCUT2D eigenvalue weighted by Gasteiger charge is 2.17. The molecule has 0 aliphatic carbocycles. The molecule has 2 nitrogen and oxygen atoms in total. The Hall–Kier alpha value is -1.70. The molecule has 0 amide bonds. The van der Waals surface area contributed by atoms with Gasteiger partial charge in [0, 0.05) is 16.5 Å². The highest BCUT2D eigenvalue weighted by Crippen LogP contribution is 2.32. The summed E-state index contributed by atoms with van der Waals surface area (Å²) in [5.41, 5.74) is 3.62. The minimum Gasteiger partial charge on any atom is -0.492 e. The first-order valence-corrected chi connectivity index (χ1v) is 4.79. The van der Waals surface area contributed by atoms with Gasteiger partial charge >= 0.3 is 0 Å². The Kier molecular flexibility index (Phi) is 1.45. The predicted octanol–water partition coefficient (Wildman–Crippen LogP) is 3.23. The van der Waals surface area contributed by atoms with E-state index in [9.17, 15) is 0 Å². The van der Waals surface area contributed by atoms with Crippen LogP contribution in [0.1, 0.15) is 24.3 Å². The standard InChI is InChI=1S/C12H11NO/c1-8-12-10(6-7-14-8)9-4-2-3-5-11(9)13-12/h2-8,13H,1H3. The minimum atomic E-state index is 0.127. The second-order valence-electron chi connectivity index (χ2n) is 3.58. The molecule has 0 saturated carbocycles. The third-order valence-electron chi connectivity index (χ3n) is 2.70. The number of para-hydroxylation sites is 1. The maximum atomic E-state index is 5.42. The Bertz CT molecular complexity index is 510. The molecule has 0 saturated heterocycles. The van der Waals surface area contributed by atoms with Crippen LogP contribution in [-0.2, 0) is 4.74 Å². The summed E-state index contributed by atoms with van der Waals surface area (Å²) in [6.45, 7) is 2.05. The van der Waals surface area contributed by atoms with Crippen LogP contribution in [0.2, 0.25) is 0 Å². The molecule has 1 N–H and O–H groups in total. The van der Waals surface area contributed by atoms with Gasteiger partial charge in [0.2, 0.25) is 0 Å². The number of ether oxygens (including phenoxy) is 1. The van der Waals surface area contributed by atoms with Gasteiger partial charge in [0.1, 0.15) is 6.10 Å². The van der Waals surface area contributed by atoms with E-state index in [1.54, 1.807) is 6.26 Å². The summed E-state index contributed by atoms with van der Waals surface area (Å²) in [5, 5.41) is 1.27. The Morgan fingerprint density at radius 2 is 2.14 bits per heavy atom. The third kappa shape index (κ3) is 0.909. The summed E-state index contributed by atoms with van der Waals surface area (Å²) < 4.78 is 5.42. The van der Waals surface area contributed by atoms with E-state index in [0.717, 1.165) is 0 Å². The molecule has 3 rings (SSSR count). The highest BCUT2D eigenvalue weighted by atomic mass is 16.5. The zero-order valence-electron chi connectivity index (χ0n) is 7.95. The van der Waals surface area contributed by atoms with Crippen molar-refractivity contribution in [3.8, 4) is 0 Å². The van der Waals surface area contributed by atoms with Crippen molar-refractivity contribution in [2.24, 2.45) is 0 Å². The van der Waals surface area contributed by atoms with Gasteiger partial charge in [-0.2, -0.15) is 0 Å². The molecule has 2 heteroatoms. The van der Waals surface area contributed by atoms with Crippen molar-refractivity contribution in [1.29, 1.82) is 0 Å². The molecular formula is C12H11NO. The molecule has 0 spiro atoms. The predicted molar refractivity (Wildman–Crippen MR) is 56.8 cm³/mol. The van der Waals surface area contributed by atoms with E-state index in [-0.39, 0.29) is 6.10 Å². The number of hydrogen-bond donors (Lipinski definition) is 1. The van der Waals surface area contributed by atoms with Crippen molar-refractivity contribution in [3.63, 3.8) is 0 Å². The van der Waals surface area contributed by atoms with E-state index in [2.05, 4.69) is 30.1 Å². The molecule has 14 heavy (non-hydrogen) atoms. The number of benzene rings is 1. The quantitative estimate of drug-likeness (QED) is 0.669. The topological polar surface area (TPSA) is 25.0 Å². The normalized spacial score (nSPS) is 19.4. The van der Waals surface area contributed by atoms with Crippen LogP contribution in [0.25, 0.3) is 17.0 Å². The Morgan fingerprint density at radius 3 is 3.07 bits per heavy atom. The fraction of sp³-hybridized carbons (Fsp3) is 0.167. The van der Waals surface area contributed by atoms with Gasteiger partial charge in [-0.3, -0.25) is 0 Å². The Balaban J connectivity index is 2.39.